The number of nitrogens with one attached hydrogen (secondary N) is 1. The monoisotopic (exact) mass is 401 g/mol. The molecular formula is C19H16ClN3O5. The Morgan fingerprint density at radius 3 is 2.57 bits per heavy atom. The van der Waals surface area contributed by atoms with Crippen molar-refractivity contribution in [2.24, 2.45) is 5.92 Å². The number of nitro groups is 2. The molecule has 0 bridgehead atoms. The van der Waals surface area contributed by atoms with Crippen molar-refractivity contribution in [3.63, 3.8) is 0 Å². The summed E-state index contributed by atoms with van der Waals surface area (Å²) in [5, 5.41) is 26.3. The molecule has 1 N–H and O–H groups in total. The van der Waals surface area contributed by atoms with E-state index in [1.807, 2.05) is 12.2 Å². The normalized spacial score (nSPS) is 22.1. The lowest BCUT2D eigenvalue weighted by Crippen LogP contribution is -2.30. The summed E-state index contributed by atoms with van der Waals surface area (Å²) in [6, 6.07) is 7.45. The standard InChI is InChI=1S/C19H16ClN3O5/c1-28-16-8-7-14(22(24)25)17-11-3-2-4-12(11)18(21-19(16)17)10-5-6-13(20)15(9-10)23(26)27/h2-3,5-9,11-12,18,21H,4H2,1H3/t11-,12+,18+/m0/s1. The van der Waals surface area contributed by atoms with Crippen molar-refractivity contribution in [3.05, 3.63) is 78.9 Å². The number of methoxy groups -OCH3 is 1. The van der Waals surface area contributed by atoms with Gasteiger partial charge in [-0.1, -0.05) is 29.8 Å². The molecule has 0 radical (unpaired) electrons. The zero-order valence-electron chi connectivity index (χ0n) is 14.8. The summed E-state index contributed by atoms with van der Waals surface area (Å²) < 4.78 is 5.42. The number of allylic oxidation sites excluding steroid dienone is 2. The molecule has 0 amide bonds. The molecule has 1 aliphatic carbocycles. The lowest BCUT2D eigenvalue weighted by atomic mass is 9.76. The van der Waals surface area contributed by atoms with Gasteiger partial charge in [0.25, 0.3) is 11.4 Å². The van der Waals surface area contributed by atoms with Crippen LogP contribution < -0.4 is 10.1 Å². The van der Waals surface area contributed by atoms with Crippen molar-refractivity contribution in [2.75, 3.05) is 12.4 Å². The quantitative estimate of drug-likeness (QED) is 0.439. The fraction of sp³-hybridized carbons (Fsp3) is 0.263. The summed E-state index contributed by atoms with van der Waals surface area (Å²) in [6.07, 6.45) is 4.66. The predicted octanol–water partition coefficient (Wildman–Crippen LogP) is 4.99. The lowest BCUT2D eigenvalue weighted by molar-refractivity contribution is -0.385. The number of benzene rings is 2. The molecule has 0 saturated heterocycles. The SMILES string of the molecule is COc1ccc([N+](=O)[O-])c2c1N[C@H](c1ccc(Cl)c([N+](=O)[O-])c1)[C@@H]1CC=C[C@H]21. The second kappa shape index (κ2) is 6.79. The number of nitrogens with zero attached hydrogens (tertiary/aromatic N) is 2. The summed E-state index contributed by atoms with van der Waals surface area (Å²) in [4.78, 5) is 22.0. The fourth-order valence-electron chi connectivity index (χ4n) is 4.19. The van der Waals surface area contributed by atoms with E-state index in [0.717, 1.165) is 0 Å². The van der Waals surface area contributed by atoms with Gasteiger partial charge in [-0.25, -0.2) is 0 Å². The second-order valence-electron chi connectivity index (χ2n) is 6.78. The molecule has 2 aliphatic rings. The van der Waals surface area contributed by atoms with Crippen molar-refractivity contribution in [1.29, 1.82) is 0 Å². The van der Waals surface area contributed by atoms with Gasteiger partial charge in [-0.05, 0) is 30.0 Å². The minimum atomic E-state index is -0.515. The van der Waals surface area contributed by atoms with E-state index in [0.29, 0.717) is 29.0 Å². The highest BCUT2D eigenvalue weighted by atomic mass is 35.5. The summed E-state index contributed by atoms with van der Waals surface area (Å²) in [5.41, 5.74) is 1.70. The Kier molecular flexibility index (Phi) is 4.43. The van der Waals surface area contributed by atoms with E-state index in [1.165, 1.54) is 25.3 Å². The zero-order valence-corrected chi connectivity index (χ0v) is 15.6. The first-order valence-electron chi connectivity index (χ1n) is 8.64. The maximum atomic E-state index is 11.6. The van der Waals surface area contributed by atoms with E-state index in [1.54, 1.807) is 12.1 Å². The first kappa shape index (κ1) is 18.2. The summed E-state index contributed by atoms with van der Waals surface area (Å²) in [6.45, 7) is 0. The van der Waals surface area contributed by atoms with E-state index in [2.05, 4.69) is 5.32 Å². The van der Waals surface area contributed by atoms with Gasteiger partial charge >= 0.3 is 0 Å². The van der Waals surface area contributed by atoms with Gasteiger partial charge in [0.05, 0.1) is 34.2 Å². The Labute approximate surface area is 165 Å². The molecule has 8 nitrogen and oxygen atoms in total. The van der Waals surface area contributed by atoms with E-state index in [4.69, 9.17) is 16.3 Å². The number of halogens is 1. The van der Waals surface area contributed by atoms with Crippen molar-refractivity contribution >= 4 is 28.7 Å². The molecule has 2 aromatic rings. The summed E-state index contributed by atoms with van der Waals surface area (Å²) in [5.74, 6) is 0.290. The van der Waals surface area contributed by atoms with Gasteiger partial charge < -0.3 is 10.1 Å². The molecule has 2 aromatic carbocycles. The third kappa shape index (κ3) is 2.77. The van der Waals surface area contributed by atoms with Crippen LogP contribution in [0.25, 0.3) is 0 Å². The Bertz CT molecular complexity index is 1020. The molecule has 1 heterocycles. The average molecular weight is 402 g/mol. The van der Waals surface area contributed by atoms with Crippen molar-refractivity contribution < 1.29 is 14.6 Å². The highest BCUT2D eigenvalue weighted by molar-refractivity contribution is 6.32. The van der Waals surface area contributed by atoms with Crippen LogP contribution in [-0.4, -0.2) is 17.0 Å². The first-order valence-corrected chi connectivity index (χ1v) is 9.02. The lowest BCUT2D eigenvalue weighted by Gasteiger charge is -2.37. The van der Waals surface area contributed by atoms with Crippen LogP contribution in [-0.2, 0) is 0 Å². The van der Waals surface area contributed by atoms with Crippen LogP contribution >= 0.6 is 11.6 Å². The molecule has 3 atom stereocenters. The molecular weight excluding hydrogens is 386 g/mol. The molecule has 0 aromatic heterocycles. The maximum Gasteiger partial charge on any atom is 0.288 e. The van der Waals surface area contributed by atoms with Crippen LogP contribution in [0.3, 0.4) is 0 Å². The van der Waals surface area contributed by atoms with Crippen LogP contribution in [0.4, 0.5) is 17.1 Å². The van der Waals surface area contributed by atoms with Crippen molar-refractivity contribution in [1.82, 2.24) is 0 Å². The van der Waals surface area contributed by atoms with Gasteiger partial charge in [0.2, 0.25) is 0 Å². The molecule has 0 unspecified atom stereocenters. The van der Waals surface area contributed by atoms with Crippen molar-refractivity contribution in [2.45, 2.75) is 18.4 Å². The Hall–Kier alpha value is -3.13. The number of anilines is 1. The number of rotatable bonds is 4. The number of hydrogen-bond donors (Lipinski definition) is 1. The largest absolute Gasteiger partial charge is 0.495 e. The highest BCUT2D eigenvalue weighted by Gasteiger charge is 2.43. The van der Waals surface area contributed by atoms with E-state index >= 15 is 0 Å². The van der Waals surface area contributed by atoms with Crippen LogP contribution in [0.5, 0.6) is 5.75 Å². The summed E-state index contributed by atoms with van der Waals surface area (Å²) in [7, 11) is 1.50. The number of ether oxygens (including phenoxy) is 1. The Balaban J connectivity index is 1.87. The molecule has 4 rings (SSSR count). The predicted molar refractivity (Wildman–Crippen MR) is 104 cm³/mol. The van der Waals surface area contributed by atoms with Crippen molar-refractivity contribution in [3.8, 4) is 5.75 Å². The maximum absolute atomic E-state index is 11.6. The Morgan fingerprint density at radius 1 is 1.14 bits per heavy atom. The minimum Gasteiger partial charge on any atom is -0.495 e. The van der Waals surface area contributed by atoms with Crippen LogP contribution in [0.2, 0.25) is 5.02 Å². The number of hydrogen-bond acceptors (Lipinski definition) is 6. The summed E-state index contributed by atoms with van der Waals surface area (Å²) >= 11 is 5.96. The molecule has 9 heteroatoms. The van der Waals surface area contributed by atoms with E-state index in [-0.39, 0.29) is 34.3 Å². The van der Waals surface area contributed by atoms with Gasteiger partial charge in [0, 0.05) is 18.1 Å². The fourth-order valence-corrected chi connectivity index (χ4v) is 4.37. The highest BCUT2D eigenvalue weighted by Crippen LogP contribution is 2.55. The van der Waals surface area contributed by atoms with Gasteiger partial charge in [0.1, 0.15) is 10.8 Å². The van der Waals surface area contributed by atoms with Gasteiger partial charge in [-0.3, -0.25) is 20.2 Å². The zero-order chi connectivity index (χ0) is 20.0. The molecule has 1 aliphatic heterocycles. The molecule has 0 saturated carbocycles. The first-order chi connectivity index (χ1) is 13.4. The molecule has 0 fully saturated rings. The average Bonchev–Trinajstić information content (AvgIpc) is 3.16. The van der Waals surface area contributed by atoms with Gasteiger partial charge in [-0.2, -0.15) is 0 Å². The molecule has 144 valence electrons. The van der Waals surface area contributed by atoms with Crippen LogP contribution in [0, 0.1) is 26.1 Å². The topological polar surface area (TPSA) is 108 Å². The van der Waals surface area contributed by atoms with Gasteiger partial charge in [0.15, 0.2) is 0 Å². The van der Waals surface area contributed by atoms with Crippen LogP contribution in [0.15, 0.2) is 42.5 Å². The van der Waals surface area contributed by atoms with E-state index in [9.17, 15) is 20.2 Å². The molecule has 0 spiro atoms. The third-order valence-electron chi connectivity index (χ3n) is 5.40. The smallest absolute Gasteiger partial charge is 0.288 e. The number of fused-ring (bicyclic) bond motifs is 3. The number of nitro benzene ring substituents is 2. The minimum absolute atomic E-state index is 0.0147. The Morgan fingerprint density at radius 2 is 1.89 bits per heavy atom. The second-order valence-corrected chi connectivity index (χ2v) is 7.18. The van der Waals surface area contributed by atoms with Gasteiger partial charge in [-0.15, -0.1) is 0 Å². The van der Waals surface area contributed by atoms with E-state index < -0.39 is 9.85 Å². The third-order valence-corrected chi connectivity index (χ3v) is 5.72. The molecule has 28 heavy (non-hydrogen) atoms. The van der Waals surface area contributed by atoms with Crippen LogP contribution in [0.1, 0.15) is 29.5 Å².